The lowest BCUT2D eigenvalue weighted by Gasteiger charge is -2.13. The van der Waals surface area contributed by atoms with Gasteiger partial charge in [0.05, 0.1) is 19.7 Å². The van der Waals surface area contributed by atoms with E-state index in [0.717, 1.165) is 24.3 Å². The number of nitrogens with one attached hydrogen (secondary N) is 1. The van der Waals surface area contributed by atoms with E-state index in [9.17, 15) is 9.59 Å². The first-order valence-corrected chi connectivity index (χ1v) is 9.21. The van der Waals surface area contributed by atoms with Crippen molar-refractivity contribution in [1.29, 1.82) is 0 Å². The van der Waals surface area contributed by atoms with Gasteiger partial charge < -0.3 is 14.8 Å². The minimum Gasteiger partial charge on any atom is -0.494 e. The van der Waals surface area contributed by atoms with Gasteiger partial charge in [-0.15, -0.1) is 0 Å². The molecular weight excluding hydrogens is 344 g/mol. The maximum atomic E-state index is 12.3. The lowest BCUT2D eigenvalue weighted by Crippen LogP contribution is -2.34. The molecule has 3 rings (SSSR count). The number of cyclic esters (lactones) is 1. The summed E-state index contributed by atoms with van der Waals surface area (Å²) >= 11 is 0. The molecule has 1 aliphatic rings. The molecule has 1 aliphatic heterocycles. The van der Waals surface area contributed by atoms with Gasteiger partial charge in [-0.2, -0.15) is 0 Å². The van der Waals surface area contributed by atoms with E-state index >= 15 is 0 Å². The Balaban J connectivity index is 1.48. The maximum Gasteiger partial charge on any atom is 0.414 e. The standard InChI is InChI=1S/C21H24N2O4/c1-2-3-13-26-18-11-9-16(10-12-18)20(24)22-14-19-15-23(21(25)27-19)17-7-5-4-6-8-17/h4-12,19H,2-3,13-15H2,1H3,(H,22,24)/t19-/m1/s1. The van der Waals surface area contributed by atoms with Crippen LogP contribution in [0.4, 0.5) is 10.5 Å². The number of benzene rings is 2. The topological polar surface area (TPSA) is 67.9 Å². The molecule has 0 unspecified atom stereocenters. The molecule has 2 aromatic rings. The molecule has 0 aromatic heterocycles. The summed E-state index contributed by atoms with van der Waals surface area (Å²) in [6.45, 7) is 3.46. The van der Waals surface area contributed by atoms with Crippen LogP contribution in [0.1, 0.15) is 30.1 Å². The van der Waals surface area contributed by atoms with Crippen LogP contribution in [-0.4, -0.2) is 37.8 Å². The van der Waals surface area contributed by atoms with E-state index in [-0.39, 0.29) is 18.6 Å². The van der Waals surface area contributed by atoms with Crippen LogP contribution in [-0.2, 0) is 4.74 Å². The maximum absolute atomic E-state index is 12.3. The predicted molar refractivity (Wildman–Crippen MR) is 103 cm³/mol. The Morgan fingerprint density at radius 1 is 1.19 bits per heavy atom. The number of carbonyl (C=O) groups excluding carboxylic acids is 2. The highest BCUT2D eigenvalue weighted by Crippen LogP contribution is 2.21. The quantitative estimate of drug-likeness (QED) is 0.723. The zero-order valence-electron chi connectivity index (χ0n) is 15.4. The fourth-order valence-corrected chi connectivity index (χ4v) is 2.79. The second kappa shape index (κ2) is 9.07. The largest absolute Gasteiger partial charge is 0.494 e. The van der Waals surface area contributed by atoms with Crippen molar-refractivity contribution in [2.45, 2.75) is 25.9 Å². The third-order valence-electron chi connectivity index (χ3n) is 4.32. The number of amides is 2. The summed E-state index contributed by atoms with van der Waals surface area (Å²) in [7, 11) is 0. The Labute approximate surface area is 159 Å². The van der Waals surface area contributed by atoms with Crippen molar-refractivity contribution in [3.05, 3.63) is 60.2 Å². The summed E-state index contributed by atoms with van der Waals surface area (Å²) < 4.78 is 10.9. The lowest BCUT2D eigenvalue weighted by atomic mass is 10.2. The number of para-hydroxylation sites is 1. The van der Waals surface area contributed by atoms with Gasteiger partial charge in [0.15, 0.2) is 0 Å². The number of carbonyl (C=O) groups is 2. The second-order valence-electron chi connectivity index (χ2n) is 6.39. The van der Waals surface area contributed by atoms with E-state index in [1.165, 1.54) is 0 Å². The van der Waals surface area contributed by atoms with Crippen molar-refractivity contribution in [2.24, 2.45) is 0 Å². The number of ether oxygens (including phenoxy) is 2. The minimum atomic E-state index is -0.394. The molecule has 2 aromatic carbocycles. The average Bonchev–Trinajstić information content (AvgIpc) is 3.08. The molecule has 6 heteroatoms. The van der Waals surface area contributed by atoms with E-state index in [1.807, 2.05) is 30.3 Å². The zero-order chi connectivity index (χ0) is 19.1. The molecule has 1 atom stereocenters. The molecule has 0 radical (unpaired) electrons. The van der Waals surface area contributed by atoms with Crippen LogP contribution in [0.3, 0.4) is 0 Å². The van der Waals surface area contributed by atoms with Crippen molar-refractivity contribution >= 4 is 17.7 Å². The summed E-state index contributed by atoms with van der Waals surface area (Å²) in [4.78, 5) is 25.9. The molecule has 2 amide bonds. The van der Waals surface area contributed by atoms with Crippen LogP contribution >= 0.6 is 0 Å². The van der Waals surface area contributed by atoms with Crippen molar-refractivity contribution in [3.63, 3.8) is 0 Å². The highest BCUT2D eigenvalue weighted by molar-refractivity contribution is 5.94. The Bertz CT molecular complexity index is 762. The van der Waals surface area contributed by atoms with Crippen LogP contribution in [0.5, 0.6) is 5.75 Å². The smallest absolute Gasteiger partial charge is 0.414 e. The summed E-state index contributed by atoms with van der Waals surface area (Å²) in [5, 5.41) is 2.82. The van der Waals surface area contributed by atoms with Gasteiger partial charge in [0.1, 0.15) is 11.9 Å². The molecule has 0 saturated carbocycles. The summed E-state index contributed by atoms with van der Waals surface area (Å²) in [5.41, 5.74) is 1.33. The van der Waals surface area contributed by atoms with Gasteiger partial charge >= 0.3 is 6.09 Å². The Hall–Kier alpha value is -3.02. The lowest BCUT2D eigenvalue weighted by molar-refractivity contribution is 0.0916. The normalized spacial score (nSPS) is 16.1. The Morgan fingerprint density at radius 2 is 1.93 bits per heavy atom. The highest BCUT2D eigenvalue weighted by Gasteiger charge is 2.32. The fraction of sp³-hybridized carbons (Fsp3) is 0.333. The number of rotatable bonds is 8. The highest BCUT2D eigenvalue weighted by atomic mass is 16.6. The molecular formula is C21H24N2O4. The van der Waals surface area contributed by atoms with Crippen LogP contribution < -0.4 is 15.0 Å². The van der Waals surface area contributed by atoms with Crippen molar-refractivity contribution in [1.82, 2.24) is 5.32 Å². The van der Waals surface area contributed by atoms with Gasteiger partial charge in [-0.1, -0.05) is 31.5 Å². The summed E-state index contributed by atoms with van der Waals surface area (Å²) in [5.74, 6) is 0.549. The monoisotopic (exact) mass is 368 g/mol. The van der Waals surface area contributed by atoms with Crippen molar-refractivity contribution in [3.8, 4) is 5.75 Å². The first-order valence-electron chi connectivity index (χ1n) is 9.21. The minimum absolute atomic E-state index is 0.204. The summed E-state index contributed by atoms with van der Waals surface area (Å²) in [6.07, 6.45) is 1.31. The first-order chi connectivity index (χ1) is 13.2. The molecule has 1 fully saturated rings. The van der Waals surface area contributed by atoms with Crippen LogP contribution in [0.15, 0.2) is 54.6 Å². The average molecular weight is 368 g/mol. The zero-order valence-corrected chi connectivity index (χ0v) is 15.4. The number of anilines is 1. The third-order valence-corrected chi connectivity index (χ3v) is 4.32. The molecule has 1 saturated heterocycles. The van der Waals surface area contributed by atoms with Crippen molar-refractivity contribution < 1.29 is 19.1 Å². The molecule has 0 aliphatic carbocycles. The van der Waals surface area contributed by atoms with E-state index in [4.69, 9.17) is 9.47 Å². The fourth-order valence-electron chi connectivity index (χ4n) is 2.79. The number of nitrogens with zero attached hydrogens (tertiary/aromatic N) is 1. The molecule has 142 valence electrons. The molecule has 27 heavy (non-hydrogen) atoms. The van der Waals surface area contributed by atoms with Crippen LogP contribution in [0, 0.1) is 0 Å². The first kappa shape index (κ1) is 18.8. The molecule has 1 N–H and O–H groups in total. The van der Waals surface area contributed by atoms with E-state index in [2.05, 4.69) is 12.2 Å². The molecule has 0 spiro atoms. The SMILES string of the molecule is CCCCOc1ccc(C(=O)NC[C@@H]2CN(c3ccccc3)C(=O)O2)cc1. The Morgan fingerprint density at radius 3 is 2.63 bits per heavy atom. The van der Waals surface area contributed by atoms with Crippen molar-refractivity contribution in [2.75, 3.05) is 24.6 Å². The number of unbranched alkanes of at least 4 members (excludes halogenated alkanes) is 1. The second-order valence-corrected chi connectivity index (χ2v) is 6.39. The van der Waals surface area contributed by atoms with E-state index in [1.54, 1.807) is 29.2 Å². The summed E-state index contributed by atoms with van der Waals surface area (Å²) in [6, 6.07) is 16.4. The predicted octanol–water partition coefficient (Wildman–Crippen LogP) is 3.62. The molecule has 0 bridgehead atoms. The van der Waals surface area contributed by atoms with E-state index in [0.29, 0.717) is 18.7 Å². The van der Waals surface area contributed by atoms with Gasteiger partial charge in [0.25, 0.3) is 5.91 Å². The van der Waals surface area contributed by atoms with Crippen LogP contribution in [0.25, 0.3) is 0 Å². The molecule has 1 heterocycles. The molecule has 6 nitrogen and oxygen atoms in total. The van der Waals surface area contributed by atoms with Gasteiger partial charge in [0.2, 0.25) is 0 Å². The number of hydrogen-bond acceptors (Lipinski definition) is 4. The van der Waals surface area contributed by atoms with Gasteiger partial charge in [-0.25, -0.2) is 4.79 Å². The van der Waals surface area contributed by atoms with Gasteiger partial charge in [-0.3, -0.25) is 9.69 Å². The number of hydrogen-bond donors (Lipinski definition) is 1. The van der Waals surface area contributed by atoms with Crippen LogP contribution in [0.2, 0.25) is 0 Å². The van der Waals surface area contributed by atoms with E-state index < -0.39 is 6.09 Å². The van der Waals surface area contributed by atoms with Gasteiger partial charge in [-0.05, 0) is 42.8 Å². The Kier molecular flexibility index (Phi) is 6.30. The van der Waals surface area contributed by atoms with Gasteiger partial charge in [0, 0.05) is 11.3 Å². The third kappa shape index (κ3) is 5.00.